The molecule has 0 bridgehead atoms. The number of amides is 2. The topological polar surface area (TPSA) is 63.1 Å². The number of unbranched alkanes of at least 4 members (excludes halogenated alkanes) is 2. The maximum Gasteiger partial charge on any atom is 0.322 e. The van der Waals surface area contributed by atoms with E-state index >= 15 is 0 Å². The summed E-state index contributed by atoms with van der Waals surface area (Å²) < 4.78 is 1.62. The van der Waals surface area contributed by atoms with Crippen LogP contribution in [0.3, 0.4) is 0 Å². The zero-order chi connectivity index (χ0) is 16.7. The minimum Gasteiger partial charge on any atom is -0.338 e. The van der Waals surface area contributed by atoms with E-state index in [1.165, 1.54) is 0 Å². The summed E-state index contributed by atoms with van der Waals surface area (Å²) in [7, 11) is 0. The Morgan fingerprint density at radius 3 is 2.87 bits per heavy atom. The molecule has 0 saturated carbocycles. The van der Waals surface area contributed by atoms with Crippen LogP contribution in [0.1, 0.15) is 33.1 Å². The summed E-state index contributed by atoms with van der Waals surface area (Å²) in [4.78, 5) is 18.0. The molecule has 1 N–H and O–H groups in total. The number of carbonyl (C=O) groups excluding carboxylic acids is 1. The van der Waals surface area contributed by atoms with Crippen molar-refractivity contribution in [1.82, 2.24) is 20.1 Å². The molecule has 0 aliphatic rings. The van der Waals surface area contributed by atoms with Crippen LogP contribution < -0.4 is 10.2 Å². The number of rotatable bonds is 7. The Hall–Kier alpha value is -2.08. The summed E-state index contributed by atoms with van der Waals surface area (Å²) in [5, 5.41) is 7.48. The molecule has 124 valence electrons. The van der Waals surface area contributed by atoms with Crippen molar-refractivity contribution in [1.29, 1.82) is 0 Å². The lowest BCUT2D eigenvalue weighted by Crippen LogP contribution is -2.40. The number of pyridine rings is 1. The fourth-order valence-corrected chi connectivity index (χ4v) is 2.47. The number of halogens is 1. The monoisotopic (exact) mass is 335 g/mol. The summed E-state index contributed by atoms with van der Waals surface area (Å²) in [6, 6.07) is 3.54. The molecule has 0 aromatic carbocycles. The largest absolute Gasteiger partial charge is 0.338 e. The number of urea groups is 1. The van der Waals surface area contributed by atoms with Crippen LogP contribution in [0.15, 0.2) is 30.7 Å². The van der Waals surface area contributed by atoms with Gasteiger partial charge in [0.1, 0.15) is 5.69 Å². The van der Waals surface area contributed by atoms with Crippen molar-refractivity contribution in [2.45, 2.75) is 33.1 Å². The molecule has 0 atom stereocenters. The molecule has 0 unspecified atom stereocenters. The van der Waals surface area contributed by atoms with Gasteiger partial charge in [0.05, 0.1) is 18.1 Å². The van der Waals surface area contributed by atoms with Crippen LogP contribution in [0.25, 0.3) is 5.69 Å². The highest BCUT2D eigenvalue weighted by Crippen LogP contribution is 2.25. The third-order valence-corrected chi connectivity index (χ3v) is 3.74. The molecule has 2 aromatic rings. The Labute approximate surface area is 141 Å². The van der Waals surface area contributed by atoms with Crippen molar-refractivity contribution in [3.05, 3.63) is 35.9 Å². The first-order chi connectivity index (χ1) is 11.2. The normalized spacial score (nSPS) is 10.6. The second kappa shape index (κ2) is 8.53. The highest BCUT2D eigenvalue weighted by molar-refractivity contribution is 6.32. The minimum atomic E-state index is -0.156. The van der Waals surface area contributed by atoms with E-state index in [4.69, 9.17) is 11.6 Å². The first-order valence-electron chi connectivity index (χ1n) is 7.88. The van der Waals surface area contributed by atoms with Gasteiger partial charge in [0.25, 0.3) is 0 Å². The average molecular weight is 336 g/mol. The molecule has 7 heteroatoms. The number of nitrogens with zero attached hydrogens (tertiary/aromatic N) is 4. The van der Waals surface area contributed by atoms with Crippen molar-refractivity contribution in [2.24, 2.45) is 0 Å². The molecular formula is C16H22ClN5O. The summed E-state index contributed by atoms with van der Waals surface area (Å²) in [5.74, 6) is 0. The van der Waals surface area contributed by atoms with Crippen LogP contribution in [0.2, 0.25) is 5.15 Å². The molecule has 0 aliphatic carbocycles. The predicted octanol–water partition coefficient (Wildman–Crippen LogP) is 3.65. The SMILES string of the molecule is CCCCCNC(=O)N(CC)c1cn(-c2cccnc2)nc1Cl. The van der Waals surface area contributed by atoms with Gasteiger partial charge in [-0.1, -0.05) is 31.4 Å². The number of hydrogen-bond donors (Lipinski definition) is 1. The van der Waals surface area contributed by atoms with E-state index in [1.54, 1.807) is 28.2 Å². The Kier molecular flexibility index (Phi) is 6.40. The third kappa shape index (κ3) is 4.45. The zero-order valence-electron chi connectivity index (χ0n) is 13.5. The van der Waals surface area contributed by atoms with Gasteiger partial charge >= 0.3 is 6.03 Å². The van der Waals surface area contributed by atoms with Gasteiger partial charge in [-0.15, -0.1) is 0 Å². The van der Waals surface area contributed by atoms with E-state index in [0.29, 0.717) is 23.9 Å². The van der Waals surface area contributed by atoms with E-state index in [-0.39, 0.29) is 6.03 Å². The number of nitrogens with one attached hydrogen (secondary N) is 1. The van der Waals surface area contributed by atoms with Gasteiger partial charge in [0, 0.05) is 19.3 Å². The molecule has 2 amide bonds. The molecule has 2 rings (SSSR count). The van der Waals surface area contributed by atoms with Gasteiger partial charge in [-0.2, -0.15) is 5.10 Å². The molecule has 2 heterocycles. The van der Waals surface area contributed by atoms with Crippen LogP contribution in [0.4, 0.5) is 10.5 Å². The summed E-state index contributed by atoms with van der Waals surface area (Å²) in [6.07, 6.45) is 8.33. The fourth-order valence-electron chi connectivity index (χ4n) is 2.24. The van der Waals surface area contributed by atoms with Gasteiger partial charge in [-0.3, -0.25) is 9.88 Å². The number of hydrogen-bond acceptors (Lipinski definition) is 3. The lowest BCUT2D eigenvalue weighted by atomic mass is 10.2. The maximum atomic E-state index is 12.3. The Balaban J connectivity index is 2.12. The van der Waals surface area contributed by atoms with Crippen molar-refractivity contribution < 1.29 is 4.79 Å². The molecule has 6 nitrogen and oxygen atoms in total. The lowest BCUT2D eigenvalue weighted by Gasteiger charge is -2.20. The Morgan fingerprint density at radius 2 is 2.22 bits per heavy atom. The van der Waals surface area contributed by atoms with E-state index in [0.717, 1.165) is 24.9 Å². The average Bonchev–Trinajstić information content (AvgIpc) is 2.95. The Morgan fingerprint density at radius 1 is 1.39 bits per heavy atom. The quantitative estimate of drug-likeness (QED) is 0.785. The highest BCUT2D eigenvalue weighted by atomic mass is 35.5. The standard InChI is InChI=1S/C16H22ClN5O/c1-3-5-6-10-19-16(23)21(4-2)14-12-22(20-15(14)17)13-8-7-9-18-11-13/h7-9,11-12H,3-6,10H2,1-2H3,(H,19,23). The van der Waals surface area contributed by atoms with E-state index in [1.807, 2.05) is 19.1 Å². The second-order valence-electron chi connectivity index (χ2n) is 5.14. The fraction of sp³-hybridized carbons (Fsp3) is 0.438. The molecule has 0 radical (unpaired) electrons. The van der Waals surface area contributed by atoms with Crippen molar-refractivity contribution in [3.8, 4) is 5.69 Å². The Bertz CT molecular complexity index is 629. The van der Waals surface area contributed by atoms with Crippen molar-refractivity contribution in [2.75, 3.05) is 18.0 Å². The number of anilines is 1. The molecule has 23 heavy (non-hydrogen) atoms. The summed E-state index contributed by atoms with van der Waals surface area (Å²) in [6.45, 7) is 5.21. The minimum absolute atomic E-state index is 0.156. The molecule has 0 saturated heterocycles. The van der Waals surface area contributed by atoms with Crippen LogP contribution >= 0.6 is 11.6 Å². The van der Waals surface area contributed by atoms with Crippen molar-refractivity contribution >= 4 is 23.3 Å². The van der Waals surface area contributed by atoms with Crippen molar-refractivity contribution in [3.63, 3.8) is 0 Å². The smallest absolute Gasteiger partial charge is 0.322 e. The zero-order valence-corrected chi connectivity index (χ0v) is 14.3. The van der Waals surface area contributed by atoms with Gasteiger partial charge < -0.3 is 5.32 Å². The first kappa shape index (κ1) is 17.3. The highest BCUT2D eigenvalue weighted by Gasteiger charge is 2.19. The van der Waals surface area contributed by atoms with E-state index in [2.05, 4.69) is 22.3 Å². The van der Waals surface area contributed by atoms with E-state index in [9.17, 15) is 4.79 Å². The molecular weight excluding hydrogens is 314 g/mol. The second-order valence-corrected chi connectivity index (χ2v) is 5.50. The molecule has 0 spiro atoms. The van der Waals surface area contributed by atoms with Crippen LogP contribution in [0, 0.1) is 0 Å². The summed E-state index contributed by atoms with van der Waals surface area (Å²) in [5.41, 5.74) is 1.38. The van der Waals surface area contributed by atoms with E-state index < -0.39 is 0 Å². The number of aromatic nitrogens is 3. The summed E-state index contributed by atoms with van der Waals surface area (Å²) >= 11 is 6.22. The molecule has 0 aliphatic heterocycles. The predicted molar refractivity (Wildman–Crippen MR) is 92.3 cm³/mol. The van der Waals surface area contributed by atoms with Gasteiger partial charge in [0.2, 0.25) is 0 Å². The maximum absolute atomic E-state index is 12.3. The van der Waals surface area contributed by atoms with Crippen LogP contribution in [-0.4, -0.2) is 33.9 Å². The molecule has 2 aromatic heterocycles. The van der Waals surface area contributed by atoms with Gasteiger partial charge in [-0.05, 0) is 25.5 Å². The number of carbonyl (C=O) groups is 1. The third-order valence-electron chi connectivity index (χ3n) is 3.47. The molecule has 0 fully saturated rings. The van der Waals surface area contributed by atoms with Crippen LogP contribution in [-0.2, 0) is 0 Å². The van der Waals surface area contributed by atoms with Gasteiger partial charge in [0.15, 0.2) is 5.15 Å². The lowest BCUT2D eigenvalue weighted by molar-refractivity contribution is 0.246. The first-order valence-corrected chi connectivity index (χ1v) is 8.26. The van der Waals surface area contributed by atoms with Gasteiger partial charge in [-0.25, -0.2) is 9.48 Å². The van der Waals surface area contributed by atoms with Crippen LogP contribution in [0.5, 0.6) is 0 Å².